The van der Waals surface area contributed by atoms with Gasteiger partial charge >= 0.3 is 188 Å². The summed E-state index contributed by atoms with van der Waals surface area (Å²) in [6.07, 6.45) is 2.06. The number of rotatable bonds is 10. The second-order valence-electron chi connectivity index (χ2n) is 9.22. The Kier molecular flexibility index (Phi) is 8.24. The van der Waals surface area contributed by atoms with Crippen molar-refractivity contribution in [1.82, 2.24) is 10.1 Å². The van der Waals surface area contributed by atoms with Gasteiger partial charge in [-0.05, 0) is 24.6 Å². The first kappa shape index (κ1) is 26.4. The number of nitrogens with zero attached hydrogens (tertiary/aromatic N) is 2. The van der Waals surface area contributed by atoms with Gasteiger partial charge in [-0.1, -0.05) is 0 Å². The molecule has 37 heavy (non-hydrogen) atoms. The number of aryl methyl sites for hydroxylation is 4. The van der Waals surface area contributed by atoms with Gasteiger partial charge in [0.2, 0.25) is 0 Å². The van der Waals surface area contributed by atoms with Gasteiger partial charge in [0.25, 0.3) is 0 Å². The van der Waals surface area contributed by atoms with Crippen molar-refractivity contribution in [2.24, 2.45) is 0 Å². The maximum absolute atomic E-state index is 13.1. The number of anilines is 1. The molecule has 2 heterocycles. The van der Waals surface area contributed by atoms with Crippen LogP contribution in [0.25, 0.3) is 11.3 Å². The second kappa shape index (κ2) is 11.6. The number of carbonyl (C=O) groups excluding carboxylic acids is 1. The van der Waals surface area contributed by atoms with E-state index in [1.807, 2.05) is 82.3 Å². The maximum Gasteiger partial charge on any atom is -0.0167 e. The average molecular weight is 558 g/mol. The molecule has 0 bridgehead atoms. The molecule has 0 aliphatic rings. The minimum absolute atomic E-state index is 0.0427. The van der Waals surface area contributed by atoms with Crippen molar-refractivity contribution in [2.75, 3.05) is 5.32 Å². The second-order valence-corrected chi connectivity index (χ2v) is 11.9. The predicted molar refractivity (Wildman–Crippen MR) is 144 cm³/mol. The molecule has 8 heteroatoms. The molecule has 1 atom stereocenters. The number of carboxylic acids is 1. The summed E-state index contributed by atoms with van der Waals surface area (Å²) in [7, 11) is 0. The summed E-state index contributed by atoms with van der Waals surface area (Å²) in [5.41, 5.74) is 7.15. The first-order valence-corrected chi connectivity index (χ1v) is 14.0. The Bertz CT molecular complexity index is 1410. The minimum atomic E-state index is -1.07. The summed E-state index contributed by atoms with van der Waals surface area (Å²) in [6.45, 7) is 8.30. The average Bonchev–Trinajstić information content (AvgIpc) is 3.31. The number of carboxylic acid groups (broad SMARTS) is 1. The van der Waals surface area contributed by atoms with E-state index in [0.29, 0.717) is 24.3 Å². The van der Waals surface area contributed by atoms with Crippen LogP contribution in [0.5, 0.6) is 0 Å². The monoisotopic (exact) mass is 558 g/mol. The number of aromatic nitrogens is 2. The van der Waals surface area contributed by atoms with E-state index < -0.39 is 26.4 Å². The Morgan fingerprint density at radius 1 is 0.973 bits per heavy atom. The zero-order valence-electron chi connectivity index (χ0n) is 21.3. The molecule has 0 aliphatic heterocycles. The summed E-state index contributed by atoms with van der Waals surface area (Å²) in [5, 5.41) is 17.2. The van der Waals surface area contributed by atoms with Crippen LogP contribution in [0.15, 0.2) is 65.3 Å². The summed E-state index contributed by atoms with van der Waals surface area (Å²) in [5.74, 6) is 0.466. The third-order valence-electron chi connectivity index (χ3n) is 6.04. The third-order valence-corrected chi connectivity index (χ3v) is 8.50. The summed E-state index contributed by atoms with van der Waals surface area (Å²) in [6, 6.07) is 17.3. The summed E-state index contributed by atoms with van der Waals surface area (Å²) < 4.78 is 4.75. The molecule has 0 amide bonds. The largest absolute Gasteiger partial charge is 0.0167 e. The number of hydrogen-bond donors (Lipinski definition) is 2. The maximum atomic E-state index is 13.1. The molecule has 4 rings (SSSR count). The van der Waals surface area contributed by atoms with Gasteiger partial charge in [-0.15, -0.1) is 0 Å². The smallest absolute Gasteiger partial charge is 0.0167 e. The molecule has 1 radical (unpaired) electrons. The SMILES string of the molecule is Cc1ccnc(NCc2cc(-c3ccc(CC([As]C(=O)c4c(C)cc(C)cc4C)C(=O)O)cc3)on2)c1. The van der Waals surface area contributed by atoms with E-state index in [4.69, 9.17) is 4.52 Å². The quantitative estimate of drug-likeness (QED) is 0.246. The number of hydrogen-bond acceptors (Lipinski definition) is 6. The molecule has 0 saturated carbocycles. The Balaban J connectivity index is 1.40. The molecule has 189 valence electrons. The van der Waals surface area contributed by atoms with E-state index in [1.54, 1.807) is 6.20 Å². The summed E-state index contributed by atoms with van der Waals surface area (Å²) in [4.78, 5) is 29.3. The zero-order valence-corrected chi connectivity index (χ0v) is 23.2. The van der Waals surface area contributed by atoms with Crippen LogP contribution in [0.4, 0.5) is 5.82 Å². The van der Waals surface area contributed by atoms with Gasteiger partial charge in [0.15, 0.2) is 0 Å². The fourth-order valence-electron chi connectivity index (χ4n) is 4.29. The van der Waals surface area contributed by atoms with Crippen molar-refractivity contribution >= 4 is 32.1 Å². The van der Waals surface area contributed by atoms with Crippen LogP contribution in [0.3, 0.4) is 0 Å². The number of aliphatic carboxylic acids is 1. The predicted octanol–water partition coefficient (Wildman–Crippen LogP) is 5.54. The molecular formula is C29H29AsN3O4. The van der Waals surface area contributed by atoms with E-state index >= 15 is 0 Å². The zero-order chi connectivity index (χ0) is 26.5. The van der Waals surface area contributed by atoms with E-state index in [2.05, 4.69) is 15.5 Å². The molecule has 0 fully saturated rings. The fourth-order valence-corrected chi connectivity index (χ4v) is 6.76. The van der Waals surface area contributed by atoms with Gasteiger partial charge in [0.1, 0.15) is 0 Å². The van der Waals surface area contributed by atoms with Crippen molar-refractivity contribution in [3.8, 4) is 11.3 Å². The van der Waals surface area contributed by atoms with E-state index in [0.717, 1.165) is 44.9 Å². The Labute approximate surface area is 223 Å². The molecule has 0 saturated heterocycles. The fraction of sp³-hybridized carbons (Fsp3) is 0.241. The molecule has 0 aliphatic carbocycles. The molecule has 0 spiro atoms. The van der Waals surface area contributed by atoms with Crippen molar-refractivity contribution in [2.45, 2.75) is 45.4 Å². The molecule has 7 nitrogen and oxygen atoms in total. The van der Waals surface area contributed by atoms with Crippen molar-refractivity contribution in [3.63, 3.8) is 0 Å². The Hall–Kier alpha value is -3.70. The number of nitrogens with one attached hydrogen (secondary N) is 1. The third kappa shape index (κ3) is 6.75. The van der Waals surface area contributed by atoms with E-state index in [9.17, 15) is 14.7 Å². The first-order chi connectivity index (χ1) is 17.7. The van der Waals surface area contributed by atoms with Gasteiger partial charge in [0, 0.05) is 6.20 Å². The molecule has 2 aromatic carbocycles. The number of carbonyl (C=O) groups is 2. The standard InChI is InChI=1S/C29H29AsN3O4/c1-17-9-10-31-26(13-17)32-16-23-15-25(37-33-23)22-7-5-21(6-8-22)14-24(29(35)36)30-28(34)27-19(3)11-18(2)12-20(27)4/h5-13,15,24H,14,16H2,1-4H3,(H,31,32)(H,35,36). The van der Waals surface area contributed by atoms with Crippen LogP contribution < -0.4 is 5.32 Å². The van der Waals surface area contributed by atoms with Gasteiger partial charge in [-0.3, -0.25) is 0 Å². The molecule has 1 unspecified atom stereocenters. The number of benzene rings is 2. The van der Waals surface area contributed by atoms with Crippen LogP contribution in [0.1, 0.15) is 43.9 Å². The van der Waals surface area contributed by atoms with Crippen LogP contribution >= 0.6 is 0 Å². The van der Waals surface area contributed by atoms with Gasteiger partial charge in [0.05, 0.1) is 0 Å². The van der Waals surface area contributed by atoms with E-state index in [1.165, 1.54) is 0 Å². The van der Waals surface area contributed by atoms with Crippen LogP contribution in [0, 0.1) is 27.7 Å². The number of pyridine rings is 1. The van der Waals surface area contributed by atoms with Crippen LogP contribution in [0.2, 0.25) is 4.71 Å². The molecule has 2 N–H and O–H groups in total. The first-order valence-electron chi connectivity index (χ1n) is 12.0. The Morgan fingerprint density at radius 2 is 1.68 bits per heavy atom. The van der Waals surface area contributed by atoms with Gasteiger partial charge in [-0.2, -0.15) is 0 Å². The van der Waals surface area contributed by atoms with E-state index in [-0.39, 0.29) is 4.57 Å². The van der Waals surface area contributed by atoms with Crippen LogP contribution in [-0.4, -0.2) is 41.5 Å². The van der Waals surface area contributed by atoms with Crippen LogP contribution in [-0.2, 0) is 17.8 Å². The summed E-state index contributed by atoms with van der Waals surface area (Å²) >= 11 is -1.07. The van der Waals surface area contributed by atoms with Crippen molar-refractivity contribution in [3.05, 3.63) is 99.9 Å². The normalized spacial score (nSPS) is 12.1. The molecular weight excluding hydrogens is 529 g/mol. The molecule has 2 aromatic heterocycles. The molecule has 4 aromatic rings. The van der Waals surface area contributed by atoms with Gasteiger partial charge < -0.3 is 0 Å². The van der Waals surface area contributed by atoms with Crippen molar-refractivity contribution < 1.29 is 19.2 Å². The Morgan fingerprint density at radius 3 is 2.32 bits per heavy atom. The van der Waals surface area contributed by atoms with Gasteiger partial charge in [-0.25, -0.2) is 4.98 Å². The topological polar surface area (TPSA) is 105 Å². The minimum Gasteiger partial charge on any atom is -0.0167 e. The van der Waals surface area contributed by atoms with Crippen molar-refractivity contribution in [1.29, 1.82) is 0 Å².